The minimum atomic E-state index is -0.864. The lowest BCUT2D eigenvalue weighted by atomic mass is 9.84. The van der Waals surface area contributed by atoms with Gasteiger partial charge in [-0.1, -0.05) is 33.6 Å². The first-order valence-corrected chi connectivity index (χ1v) is 6.33. The van der Waals surface area contributed by atoms with Gasteiger partial charge in [0.15, 0.2) is 0 Å². The molecule has 0 radical (unpaired) electrons. The second-order valence-corrected chi connectivity index (χ2v) is 6.01. The summed E-state index contributed by atoms with van der Waals surface area (Å²) >= 11 is 0. The molecule has 0 bridgehead atoms. The lowest BCUT2D eigenvalue weighted by Gasteiger charge is -2.31. The summed E-state index contributed by atoms with van der Waals surface area (Å²) in [6.45, 7) is 5.86. The van der Waals surface area contributed by atoms with Crippen molar-refractivity contribution in [1.29, 1.82) is 0 Å². The molecule has 98 valence electrons. The summed E-state index contributed by atoms with van der Waals surface area (Å²) in [6, 6.07) is -0.298. The average molecular weight is 241 g/mol. The highest BCUT2D eigenvalue weighted by Gasteiger charge is 2.31. The van der Waals surface area contributed by atoms with Gasteiger partial charge in [0, 0.05) is 12.0 Å². The molecule has 0 aromatic carbocycles. The number of aliphatic carboxylic acids is 1. The maximum atomic E-state index is 12.0. The standard InChI is InChI=1S/C13H23NO3/c1-13(2,3)10(8-11(15)16)14-12(17)9-6-4-5-7-9/h9-10H,4-8H2,1-3H3,(H,14,17)(H,15,16). The highest BCUT2D eigenvalue weighted by Crippen LogP contribution is 2.27. The zero-order valence-electron chi connectivity index (χ0n) is 11.0. The largest absolute Gasteiger partial charge is 0.481 e. The van der Waals surface area contributed by atoms with Crippen molar-refractivity contribution in [2.45, 2.75) is 58.9 Å². The molecule has 2 N–H and O–H groups in total. The smallest absolute Gasteiger partial charge is 0.305 e. The Hall–Kier alpha value is -1.06. The van der Waals surface area contributed by atoms with Crippen molar-refractivity contribution in [3.8, 4) is 0 Å². The predicted molar refractivity (Wildman–Crippen MR) is 65.6 cm³/mol. The number of carboxylic acid groups (broad SMARTS) is 1. The number of amides is 1. The molecule has 1 aliphatic rings. The van der Waals surface area contributed by atoms with Crippen LogP contribution < -0.4 is 5.32 Å². The van der Waals surface area contributed by atoms with Gasteiger partial charge in [-0.05, 0) is 18.3 Å². The molecule has 0 aromatic heterocycles. The second kappa shape index (κ2) is 5.52. The van der Waals surface area contributed by atoms with E-state index >= 15 is 0 Å². The lowest BCUT2D eigenvalue weighted by molar-refractivity contribution is -0.138. The van der Waals surface area contributed by atoms with Crippen LogP contribution in [-0.4, -0.2) is 23.0 Å². The van der Waals surface area contributed by atoms with Crippen LogP contribution in [0.3, 0.4) is 0 Å². The maximum absolute atomic E-state index is 12.0. The fourth-order valence-electron chi connectivity index (χ4n) is 2.23. The molecule has 1 fully saturated rings. The number of carbonyl (C=O) groups excluding carboxylic acids is 1. The number of carbonyl (C=O) groups is 2. The van der Waals surface area contributed by atoms with E-state index in [-0.39, 0.29) is 29.7 Å². The van der Waals surface area contributed by atoms with Crippen LogP contribution in [0.15, 0.2) is 0 Å². The van der Waals surface area contributed by atoms with Gasteiger partial charge in [0.05, 0.1) is 6.42 Å². The Morgan fingerprint density at radius 2 is 1.82 bits per heavy atom. The first kappa shape index (κ1) is 14.0. The van der Waals surface area contributed by atoms with Crippen molar-refractivity contribution in [3.63, 3.8) is 0 Å². The highest BCUT2D eigenvalue weighted by atomic mass is 16.4. The van der Waals surface area contributed by atoms with Crippen LogP contribution >= 0.6 is 0 Å². The average Bonchev–Trinajstić information content (AvgIpc) is 2.66. The Morgan fingerprint density at radius 3 is 2.24 bits per heavy atom. The monoisotopic (exact) mass is 241 g/mol. The summed E-state index contributed by atoms with van der Waals surface area (Å²) in [6.07, 6.45) is 4.09. The van der Waals surface area contributed by atoms with Gasteiger partial charge in [-0.25, -0.2) is 0 Å². The molecular weight excluding hydrogens is 218 g/mol. The Labute approximate surface area is 103 Å². The molecule has 0 aromatic rings. The molecule has 1 rings (SSSR count). The minimum Gasteiger partial charge on any atom is -0.481 e. The van der Waals surface area contributed by atoms with Gasteiger partial charge < -0.3 is 10.4 Å². The molecule has 4 heteroatoms. The third-order valence-corrected chi connectivity index (χ3v) is 3.47. The summed E-state index contributed by atoms with van der Waals surface area (Å²) in [7, 11) is 0. The van der Waals surface area contributed by atoms with Crippen molar-refractivity contribution in [1.82, 2.24) is 5.32 Å². The van der Waals surface area contributed by atoms with Gasteiger partial charge in [-0.15, -0.1) is 0 Å². The minimum absolute atomic E-state index is 0.0119. The van der Waals surface area contributed by atoms with Gasteiger partial charge in [0.1, 0.15) is 0 Å². The van der Waals surface area contributed by atoms with E-state index in [1.165, 1.54) is 0 Å². The first-order valence-electron chi connectivity index (χ1n) is 6.33. The number of rotatable bonds is 4. The van der Waals surface area contributed by atoms with Crippen molar-refractivity contribution < 1.29 is 14.7 Å². The van der Waals surface area contributed by atoms with Crippen molar-refractivity contribution >= 4 is 11.9 Å². The van der Waals surface area contributed by atoms with Crippen LogP contribution in [0.25, 0.3) is 0 Å². The topological polar surface area (TPSA) is 66.4 Å². The molecule has 0 aliphatic heterocycles. The molecule has 0 heterocycles. The SMILES string of the molecule is CC(C)(C)C(CC(=O)O)NC(=O)C1CCCC1. The number of hydrogen-bond donors (Lipinski definition) is 2. The second-order valence-electron chi connectivity index (χ2n) is 6.01. The maximum Gasteiger partial charge on any atom is 0.305 e. The van der Waals surface area contributed by atoms with E-state index in [1.807, 2.05) is 20.8 Å². The normalized spacial score (nSPS) is 19.0. The molecule has 0 spiro atoms. The van der Waals surface area contributed by atoms with Gasteiger partial charge in [0.2, 0.25) is 5.91 Å². The molecule has 4 nitrogen and oxygen atoms in total. The van der Waals surface area contributed by atoms with Gasteiger partial charge >= 0.3 is 5.97 Å². The first-order chi connectivity index (χ1) is 7.80. The van der Waals surface area contributed by atoms with Crippen LogP contribution in [0.1, 0.15) is 52.9 Å². The quantitative estimate of drug-likeness (QED) is 0.792. The zero-order valence-corrected chi connectivity index (χ0v) is 11.0. The molecular formula is C13H23NO3. The van der Waals surface area contributed by atoms with Gasteiger partial charge in [-0.3, -0.25) is 9.59 Å². The third kappa shape index (κ3) is 4.36. The van der Waals surface area contributed by atoms with Crippen LogP contribution in [0.4, 0.5) is 0 Å². The Kier molecular flexibility index (Phi) is 4.54. The number of carboxylic acids is 1. The van der Waals surface area contributed by atoms with Crippen LogP contribution in [-0.2, 0) is 9.59 Å². The van der Waals surface area contributed by atoms with E-state index in [1.54, 1.807) is 0 Å². The van der Waals surface area contributed by atoms with E-state index in [4.69, 9.17) is 5.11 Å². The van der Waals surface area contributed by atoms with E-state index in [0.717, 1.165) is 25.7 Å². The van der Waals surface area contributed by atoms with E-state index < -0.39 is 5.97 Å². The van der Waals surface area contributed by atoms with E-state index in [0.29, 0.717) is 0 Å². The lowest BCUT2D eigenvalue weighted by Crippen LogP contribution is -2.46. The molecule has 1 atom stereocenters. The van der Waals surface area contributed by atoms with Crippen LogP contribution in [0.2, 0.25) is 0 Å². The summed E-state index contributed by atoms with van der Waals surface area (Å²) in [4.78, 5) is 22.8. The predicted octanol–water partition coefficient (Wildman–Crippen LogP) is 2.18. The summed E-state index contributed by atoms with van der Waals surface area (Å²) in [5.41, 5.74) is -0.230. The molecule has 1 aliphatic carbocycles. The third-order valence-electron chi connectivity index (χ3n) is 3.47. The van der Waals surface area contributed by atoms with Crippen LogP contribution in [0, 0.1) is 11.3 Å². The Balaban J connectivity index is 2.59. The van der Waals surface area contributed by atoms with E-state index in [2.05, 4.69) is 5.32 Å². The van der Waals surface area contributed by atoms with E-state index in [9.17, 15) is 9.59 Å². The van der Waals surface area contributed by atoms with Crippen molar-refractivity contribution in [2.24, 2.45) is 11.3 Å². The fraction of sp³-hybridized carbons (Fsp3) is 0.846. The zero-order chi connectivity index (χ0) is 13.1. The number of hydrogen-bond acceptors (Lipinski definition) is 2. The Bertz CT molecular complexity index is 288. The van der Waals surface area contributed by atoms with Crippen molar-refractivity contribution in [3.05, 3.63) is 0 Å². The molecule has 1 unspecified atom stereocenters. The van der Waals surface area contributed by atoms with Crippen LogP contribution in [0.5, 0.6) is 0 Å². The molecule has 1 amide bonds. The molecule has 0 saturated heterocycles. The summed E-state index contributed by atoms with van der Waals surface area (Å²) in [5, 5.41) is 11.8. The summed E-state index contributed by atoms with van der Waals surface area (Å²) < 4.78 is 0. The Morgan fingerprint density at radius 1 is 1.29 bits per heavy atom. The number of nitrogens with one attached hydrogen (secondary N) is 1. The molecule has 1 saturated carbocycles. The molecule has 17 heavy (non-hydrogen) atoms. The van der Waals surface area contributed by atoms with Crippen molar-refractivity contribution in [2.75, 3.05) is 0 Å². The van der Waals surface area contributed by atoms with Gasteiger partial charge in [-0.2, -0.15) is 0 Å². The summed E-state index contributed by atoms with van der Waals surface area (Å²) in [5.74, 6) is -0.742. The highest BCUT2D eigenvalue weighted by molar-refractivity contribution is 5.80. The fourth-order valence-corrected chi connectivity index (χ4v) is 2.23. The van der Waals surface area contributed by atoms with Gasteiger partial charge in [0.25, 0.3) is 0 Å².